The van der Waals surface area contributed by atoms with E-state index in [4.69, 9.17) is 9.15 Å². The Morgan fingerprint density at radius 3 is 2.15 bits per heavy atom. The van der Waals surface area contributed by atoms with Gasteiger partial charge in [0.25, 0.3) is 5.91 Å². The van der Waals surface area contributed by atoms with Crippen molar-refractivity contribution in [1.82, 2.24) is 15.2 Å². The van der Waals surface area contributed by atoms with Gasteiger partial charge in [0.2, 0.25) is 5.89 Å². The lowest BCUT2D eigenvalue weighted by molar-refractivity contribution is 0.0934. The van der Waals surface area contributed by atoms with Crippen molar-refractivity contribution < 1.29 is 13.9 Å². The van der Waals surface area contributed by atoms with Crippen LogP contribution in [-0.4, -0.2) is 15.8 Å². The van der Waals surface area contributed by atoms with E-state index < -0.39 is 0 Å². The molecule has 39 heavy (non-hydrogen) atoms. The molecule has 6 nitrogen and oxygen atoms in total. The first-order valence-electron chi connectivity index (χ1n) is 13.0. The zero-order chi connectivity index (χ0) is 26.9. The predicted octanol–water partition coefficient (Wildman–Crippen LogP) is 7.16. The first-order chi connectivity index (χ1) is 19.1. The number of aromatic nitrogens is 1. The number of carbonyl (C=O) groups is 1. The number of ether oxygens (including phenoxy) is 1. The monoisotopic (exact) mass is 517 g/mol. The molecule has 1 unspecified atom stereocenters. The van der Waals surface area contributed by atoms with Gasteiger partial charge in [-0.3, -0.25) is 9.69 Å². The summed E-state index contributed by atoms with van der Waals surface area (Å²) in [4.78, 5) is 19.6. The summed E-state index contributed by atoms with van der Waals surface area (Å²) < 4.78 is 11.8. The molecule has 5 rings (SSSR count). The molecule has 0 radical (unpaired) electrons. The minimum Gasteiger partial charge on any atom is -0.457 e. The van der Waals surface area contributed by atoms with Gasteiger partial charge in [-0.2, -0.15) is 0 Å². The summed E-state index contributed by atoms with van der Waals surface area (Å²) in [6, 6.07) is 37.8. The van der Waals surface area contributed by atoms with Crippen LogP contribution in [0.5, 0.6) is 11.5 Å². The van der Waals surface area contributed by atoms with Crippen molar-refractivity contribution in [3.63, 3.8) is 0 Å². The van der Waals surface area contributed by atoms with E-state index in [2.05, 4.69) is 33.4 Å². The van der Waals surface area contributed by atoms with Crippen LogP contribution in [0.25, 0.3) is 0 Å². The maximum Gasteiger partial charge on any atom is 0.273 e. The average molecular weight is 518 g/mol. The van der Waals surface area contributed by atoms with E-state index in [9.17, 15) is 4.79 Å². The van der Waals surface area contributed by atoms with E-state index in [1.807, 2.05) is 104 Å². The van der Waals surface area contributed by atoms with Gasteiger partial charge in [-0.05, 0) is 47.9 Å². The van der Waals surface area contributed by atoms with Crippen molar-refractivity contribution in [1.29, 1.82) is 0 Å². The summed E-state index contributed by atoms with van der Waals surface area (Å²) in [7, 11) is 0. The third-order valence-electron chi connectivity index (χ3n) is 6.32. The van der Waals surface area contributed by atoms with Crippen LogP contribution in [0, 0.1) is 0 Å². The lowest BCUT2D eigenvalue weighted by Crippen LogP contribution is -2.27. The largest absolute Gasteiger partial charge is 0.457 e. The molecule has 1 amide bonds. The lowest BCUT2D eigenvalue weighted by atomic mass is 10.1. The van der Waals surface area contributed by atoms with E-state index in [0.29, 0.717) is 25.5 Å². The molecule has 1 N–H and O–H groups in total. The summed E-state index contributed by atoms with van der Waals surface area (Å²) in [6.07, 6.45) is 1.43. The number of hydrogen-bond donors (Lipinski definition) is 1. The highest BCUT2D eigenvalue weighted by Gasteiger charge is 2.18. The molecule has 0 spiro atoms. The third-order valence-corrected chi connectivity index (χ3v) is 6.32. The Kier molecular flexibility index (Phi) is 8.46. The first-order valence-corrected chi connectivity index (χ1v) is 13.0. The SMILES string of the molecule is CC(NC(=O)c1coc(CN(Cc2ccccc2)Cc2cccc(Oc3ccccc3)c2)n1)c1ccccc1. The van der Waals surface area contributed by atoms with Gasteiger partial charge in [0.15, 0.2) is 5.69 Å². The van der Waals surface area contributed by atoms with Gasteiger partial charge in [-0.25, -0.2) is 4.98 Å². The summed E-state index contributed by atoms with van der Waals surface area (Å²) >= 11 is 0. The van der Waals surface area contributed by atoms with Crippen LogP contribution in [0.2, 0.25) is 0 Å². The normalized spacial score (nSPS) is 11.7. The minimum absolute atomic E-state index is 0.140. The van der Waals surface area contributed by atoms with Crippen molar-refractivity contribution in [3.8, 4) is 11.5 Å². The Balaban J connectivity index is 1.28. The van der Waals surface area contributed by atoms with Gasteiger partial charge in [0, 0.05) is 13.1 Å². The Hall–Kier alpha value is -4.68. The second-order valence-electron chi connectivity index (χ2n) is 9.43. The highest BCUT2D eigenvalue weighted by Crippen LogP contribution is 2.23. The molecule has 4 aromatic carbocycles. The smallest absolute Gasteiger partial charge is 0.273 e. The van der Waals surface area contributed by atoms with Gasteiger partial charge in [-0.1, -0.05) is 91.0 Å². The predicted molar refractivity (Wildman–Crippen MR) is 151 cm³/mol. The molecule has 0 fully saturated rings. The fourth-order valence-electron chi connectivity index (χ4n) is 4.37. The highest BCUT2D eigenvalue weighted by atomic mass is 16.5. The number of carbonyl (C=O) groups excluding carboxylic acids is 1. The highest BCUT2D eigenvalue weighted by molar-refractivity contribution is 5.92. The Morgan fingerprint density at radius 2 is 1.41 bits per heavy atom. The summed E-state index contributed by atoms with van der Waals surface area (Å²) in [6.45, 7) is 3.74. The number of nitrogens with one attached hydrogen (secondary N) is 1. The van der Waals surface area contributed by atoms with Gasteiger partial charge in [0.1, 0.15) is 17.8 Å². The molecule has 0 saturated heterocycles. The van der Waals surface area contributed by atoms with Crippen LogP contribution < -0.4 is 10.1 Å². The Labute approximate surface area is 228 Å². The van der Waals surface area contributed by atoms with Crippen LogP contribution >= 0.6 is 0 Å². The van der Waals surface area contributed by atoms with Crippen LogP contribution in [-0.2, 0) is 19.6 Å². The molecule has 0 aliphatic carbocycles. The van der Waals surface area contributed by atoms with E-state index in [0.717, 1.165) is 22.6 Å². The molecule has 196 valence electrons. The molecule has 0 aliphatic heterocycles. The number of benzene rings is 4. The summed E-state index contributed by atoms with van der Waals surface area (Å²) in [5.74, 6) is 1.80. The van der Waals surface area contributed by atoms with Crippen molar-refractivity contribution >= 4 is 5.91 Å². The van der Waals surface area contributed by atoms with Gasteiger partial charge in [0.05, 0.1) is 12.6 Å². The van der Waals surface area contributed by atoms with Crippen LogP contribution in [0.15, 0.2) is 126 Å². The molecular formula is C33H31N3O3. The topological polar surface area (TPSA) is 67.6 Å². The molecule has 5 aromatic rings. The second-order valence-corrected chi connectivity index (χ2v) is 9.43. The summed E-state index contributed by atoms with van der Waals surface area (Å²) in [5, 5.41) is 3.00. The zero-order valence-electron chi connectivity index (χ0n) is 21.9. The maximum atomic E-state index is 12.8. The number of para-hydroxylation sites is 1. The van der Waals surface area contributed by atoms with E-state index >= 15 is 0 Å². The second kappa shape index (κ2) is 12.7. The number of hydrogen-bond acceptors (Lipinski definition) is 5. The van der Waals surface area contributed by atoms with Crippen molar-refractivity contribution in [2.45, 2.75) is 32.6 Å². The van der Waals surface area contributed by atoms with Crippen LogP contribution in [0.4, 0.5) is 0 Å². The fourth-order valence-corrected chi connectivity index (χ4v) is 4.37. The van der Waals surface area contributed by atoms with Crippen molar-refractivity contribution in [3.05, 3.63) is 150 Å². The Bertz CT molecular complexity index is 1470. The third kappa shape index (κ3) is 7.43. The minimum atomic E-state index is -0.262. The number of rotatable bonds is 11. The molecule has 0 aliphatic rings. The molecule has 0 bridgehead atoms. The Morgan fingerprint density at radius 1 is 0.795 bits per heavy atom. The maximum absolute atomic E-state index is 12.8. The zero-order valence-corrected chi connectivity index (χ0v) is 21.9. The quantitative estimate of drug-likeness (QED) is 0.201. The van der Waals surface area contributed by atoms with E-state index in [-0.39, 0.29) is 17.6 Å². The molecule has 1 aromatic heterocycles. The van der Waals surface area contributed by atoms with Gasteiger partial charge < -0.3 is 14.5 Å². The van der Waals surface area contributed by atoms with E-state index in [1.54, 1.807) is 0 Å². The fraction of sp³-hybridized carbons (Fsp3) is 0.152. The summed E-state index contributed by atoms with van der Waals surface area (Å²) in [5.41, 5.74) is 3.57. The van der Waals surface area contributed by atoms with Crippen LogP contribution in [0.3, 0.4) is 0 Å². The van der Waals surface area contributed by atoms with Gasteiger partial charge in [-0.15, -0.1) is 0 Å². The molecule has 1 atom stereocenters. The number of amides is 1. The standard InChI is InChI=1S/C33H31N3O3/c1-25(28-15-7-3-8-16-28)34-33(37)31-24-38-32(35-31)23-36(21-26-12-5-2-6-13-26)22-27-14-11-19-30(20-27)39-29-17-9-4-10-18-29/h2-20,24-25H,21-23H2,1H3,(H,34,37). The van der Waals surface area contributed by atoms with E-state index in [1.165, 1.54) is 11.8 Å². The van der Waals surface area contributed by atoms with Gasteiger partial charge >= 0.3 is 0 Å². The molecule has 6 heteroatoms. The molecular weight excluding hydrogens is 486 g/mol. The number of oxazole rings is 1. The van der Waals surface area contributed by atoms with Crippen molar-refractivity contribution in [2.75, 3.05) is 0 Å². The van der Waals surface area contributed by atoms with Crippen LogP contribution in [0.1, 0.15) is 46.0 Å². The molecule has 0 saturated carbocycles. The van der Waals surface area contributed by atoms with Crippen molar-refractivity contribution in [2.24, 2.45) is 0 Å². The lowest BCUT2D eigenvalue weighted by Gasteiger charge is -2.21. The average Bonchev–Trinajstić information content (AvgIpc) is 3.43. The number of nitrogens with zero attached hydrogens (tertiary/aromatic N) is 2. The first kappa shape index (κ1) is 25.9. The molecule has 1 heterocycles.